The molecule has 0 aliphatic rings. The summed E-state index contributed by atoms with van der Waals surface area (Å²) in [5.41, 5.74) is -0.223. The highest BCUT2D eigenvalue weighted by molar-refractivity contribution is 7.98. The van der Waals surface area contributed by atoms with Crippen molar-refractivity contribution < 1.29 is 4.74 Å². The normalized spacial score (nSPS) is 12.7. The second-order valence-corrected chi connectivity index (χ2v) is 7.80. The van der Waals surface area contributed by atoms with Gasteiger partial charge in [-0.2, -0.15) is 0 Å². The van der Waals surface area contributed by atoms with Gasteiger partial charge in [0.05, 0.1) is 5.60 Å². The van der Waals surface area contributed by atoms with Crippen molar-refractivity contribution in [3.63, 3.8) is 0 Å². The van der Waals surface area contributed by atoms with Gasteiger partial charge < -0.3 is 19.9 Å². The first kappa shape index (κ1) is 21.8. The molecule has 0 radical (unpaired) electrons. The lowest BCUT2D eigenvalue weighted by molar-refractivity contribution is 0.0268. The minimum absolute atomic E-state index is 0.223. The summed E-state index contributed by atoms with van der Waals surface area (Å²) in [6.07, 6.45) is 3.91. The smallest absolute Gasteiger partial charge is 0.191 e. The number of methoxy groups -OCH3 is 1. The lowest BCUT2D eigenvalue weighted by atomic mass is 10.1. The van der Waals surface area contributed by atoms with Crippen molar-refractivity contribution in [1.29, 1.82) is 0 Å². The predicted octanol–water partition coefficient (Wildman–Crippen LogP) is 2.18. The molecule has 0 aliphatic heterocycles. The molecular weight excluding hydrogens is 336 g/mol. The molecule has 1 aromatic rings. The summed E-state index contributed by atoms with van der Waals surface area (Å²) in [7, 11) is 3.49. The first-order valence-corrected chi connectivity index (χ1v) is 10.0. The van der Waals surface area contributed by atoms with Crippen LogP contribution in [0.25, 0.3) is 0 Å². The molecule has 0 fully saturated rings. The third-order valence-corrected chi connectivity index (χ3v) is 4.52. The number of aliphatic imine (C=N–C) groups is 1. The molecule has 144 valence electrons. The Morgan fingerprint density at radius 1 is 1.32 bits per heavy atom. The molecule has 0 aromatic carbocycles. The maximum atomic E-state index is 5.41. The first-order valence-electron chi connectivity index (χ1n) is 8.78. The molecule has 1 heterocycles. The zero-order chi connectivity index (χ0) is 18.9. The van der Waals surface area contributed by atoms with E-state index in [9.17, 15) is 0 Å². The molecule has 25 heavy (non-hydrogen) atoms. The fourth-order valence-corrected chi connectivity index (χ4v) is 2.77. The number of rotatable bonds is 10. The third-order valence-electron chi connectivity index (χ3n) is 3.85. The van der Waals surface area contributed by atoms with E-state index in [1.165, 1.54) is 0 Å². The fraction of sp³-hybridized carbons (Fsp3) is 0.824. The Morgan fingerprint density at radius 3 is 2.60 bits per heavy atom. The molecule has 1 rings (SSSR count). The highest BCUT2D eigenvalue weighted by Gasteiger charge is 2.16. The van der Waals surface area contributed by atoms with E-state index in [1.807, 2.05) is 20.1 Å². The van der Waals surface area contributed by atoms with Gasteiger partial charge in [0.2, 0.25) is 0 Å². The quantitative estimate of drug-likeness (QED) is 0.285. The lowest BCUT2D eigenvalue weighted by Gasteiger charge is -2.24. The highest BCUT2D eigenvalue weighted by atomic mass is 32.2. The SMILES string of the molecule is CN=C(NCCCc1nnc(SC)n1CC(C)C)NCC(C)(C)OC. The van der Waals surface area contributed by atoms with Crippen LogP contribution in [0, 0.1) is 5.92 Å². The van der Waals surface area contributed by atoms with Crippen LogP contribution in [0.1, 0.15) is 39.9 Å². The van der Waals surface area contributed by atoms with Crippen LogP contribution in [0.15, 0.2) is 10.1 Å². The molecule has 0 atom stereocenters. The van der Waals surface area contributed by atoms with Gasteiger partial charge in [-0.1, -0.05) is 25.6 Å². The van der Waals surface area contributed by atoms with E-state index in [-0.39, 0.29) is 5.60 Å². The monoisotopic (exact) mass is 370 g/mol. The van der Waals surface area contributed by atoms with Crippen LogP contribution >= 0.6 is 11.8 Å². The molecule has 2 N–H and O–H groups in total. The number of hydrogen-bond donors (Lipinski definition) is 2. The van der Waals surface area contributed by atoms with Crippen molar-refractivity contribution in [2.24, 2.45) is 10.9 Å². The van der Waals surface area contributed by atoms with Gasteiger partial charge in [0.15, 0.2) is 11.1 Å². The van der Waals surface area contributed by atoms with Crippen LogP contribution in [-0.4, -0.2) is 59.8 Å². The van der Waals surface area contributed by atoms with Crippen LogP contribution in [0.4, 0.5) is 0 Å². The second-order valence-electron chi connectivity index (χ2n) is 7.03. The van der Waals surface area contributed by atoms with Crippen molar-refractivity contribution >= 4 is 17.7 Å². The number of nitrogens with one attached hydrogen (secondary N) is 2. The second kappa shape index (κ2) is 10.7. The number of ether oxygens (including phenoxy) is 1. The van der Waals surface area contributed by atoms with E-state index >= 15 is 0 Å². The van der Waals surface area contributed by atoms with Gasteiger partial charge in [0, 0.05) is 40.2 Å². The summed E-state index contributed by atoms with van der Waals surface area (Å²) in [4.78, 5) is 4.25. The number of hydrogen-bond acceptors (Lipinski definition) is 5. The van der Waals surface area contributed by atoms with Gasteiger partial charge in [0.25, 0.3) is 0 Å². The molecule has 7 nitrogen and oxygen atoms in total. The number of aryl methyl sites for hydroxylation is 1. The van der Waals surface area contributed by atoms with Crippen molar-refractivity contribution in [1.82, 2.24) is 25.4 Å². The number of nitrogens with zero attached hydrogens (tertiary/aromatic N) is 4. The number of aromatic nitrogens is 3. The van der Waals surface area contributed by atoms with Crippen LogP contribution < -0.4 is 10.6 Å². The summed E-state index contributed by atoms with van der Waals surface area (Å²) < 4.78 is 7.65. The standard InChI is InChI=1S/C17H34N6OS/c1-13(2)11-23-14(21-22-16(23)25-7)9-8-10-19-15(18-5)20-12-17(3,4)24-6/h13H,8-12H2,1-7H3,(H2,18,19,20). The Hall–Kier alpha value is -1.28. The molecule has 0 bridgehead atoms. The predicted molar refractivity (Wildman–Crippen MR) is 105 cm³/mol. The Morgan fingerprint density at radius 2 is 2.04 bits per heavy atom. The Bertz CT molecular complexity index is 541. The van der Waals surface area contributed by atoms with Crippen LogP contribution in [0.3, 0.4) is 0 Å². The molecule has 0 saturated heterocycles. The highest BCUT2D eigenvalue weighted by Crippen LogP contribution is 2.16. The van der Waals surface area contributed by atoms with E-state index < -0.39 is 0 Å². The average molecular weight is 371 g/mol. The van der Waals surface area contributed by atoms with E-state index in [0.29, 0.717) is 12.5 Å². The van der Waals surface area contributed by atoms with Gasteiger partial charge in [-0.15, -0.1) is 10.2 Å². The minimum Gasteiger partial charge on any atom is -0.377 e. The van der Waals surface area contributed by atoms with E-state index in [4.69, 9.17) is 4.74 Å². The zero-order valence-electron chi connectivity index (χ0n) is 16.7. The van der Waals surface area contributed by atoms with E-state index in [0.717, 1.165) is 42.9 Å². The summed E-state index contributed by atoms with van der Waals surface area (Å²) in [5, 5.41) is 16.3. The molecule has 8 heteroatoms. The maximum absolute atomic E-state index is 5.41. The molecule has 0 spiro atoms. The largest absolute Gasteiger partial charge is 0.377 e. The topological polar surface area (TPSA) is 76.4 Å². The Balaban J connectivity index is 2.45. The number of guanidine groups is 1. The molecule has 0 aliphatic carbocycles. The fourth-order valence-electron chi connectivity index (χ4n) is 2.25. The van der Waals surface area contributed by atoms with E-state index in [2.05, 4.69) is 44.2 Å². The first-order chi connectivity index (χ1) is 11.8. The van der Waals surface area contributed by atoms with Crippen LogP contribution in [0.2, 0.25) is 0 Å². The molecule has 1 aromatic heterocycles. The summed E-state index contributed by atoms with van der Waals surface area (Å²) in [6.45, 7) is 11.0. The third kappa shape index (κ3) is 7.64. The summed E-state index contributed by atoms with van der Waals surface area (Å²) in [5.74, 6) is 2.42. The number of thioether (sulfide) groups is 1. The van der Waals surface area contributed by atoms with Gasteiger partial charge in [-0.05, 0) is 32.4 Å². The minimum atomic E-state index is -0.223. The molecule has 0 saturated carbocycles. The van der Waals surface area contributed by atoms with Gasteiger partial charge >= 0.3 is 0 Å². The zero-order valence-corrected chi connectivity index (χ0v) is 17.5. The Labute approximate surface area is 156 Å². The Kier molecular flexibility index (Phi) is 9.27. The van der Waals surface area contributed by atoms with Crippen LogP contribution in [-0.2, 0) is 17.7 Å². The van der Waals surface area contributed by atoms with Crippen molar-refractivity contribution in [2.45, 2.75) is 57.8 Å². The molecular formula is C17H34N6OS. The van der Waals surface area contributed by atoms with Gasteiger partial charge in [-0.25, -0.2) is 0 Å². The summed E-state index contributed by atoms with van der Waals surface area (Å²) >= 11 is 1.65. The van der Waals surface area contributed by atoms with E-state index in [1.54, 1.807) is 25.9 Å². The molecule has 0 unspecified atom stereocenters. The molecule has 0 amide bonds. The van der Waals surface area contributed by atoms with Crippen molar-refractivity contribution in [3.8, 4) is 0 Å². The maximum Gasteiger partial charge on any atom is 0.191 e. The van der Waals surface area contributed by atoms with Crippen LogP contribution in [0.5, 0.6) is 0 Å². The van der Waals surface area contributed by atoms with Gasteiger partial charge in [0.1, 0.15) is 5.82 Å². The average Bonchev–Trinajstić information content (AvgIpc) is 2.95. The van der Waals surface area contributed by atoms with Crippen molar-refractivity contribution in [2.75, 3.05) is 33.5 Å². The summed E-state index contributed by atoms with van der Waals surface area (Å²) in [6, 6.07) is 0. The van der Waals surface area contributed by atoms with Crippen molar-refractivity contribution in [3.05, 3.63) is 5.82 Å². The van der Waals surface area contributed by atoms with Gasteiger partial charge in [-0.3, -0.25) is 4.99 Å². The lowest BCUT2D eigenvalue weighted by Crippen LogP contribution is -2.45.